The van der Waals surface area contributed by atoms with Gasteiger partial charge in [0, 0.05) is 6.54 Å². The molecule has 3 fully saturated rings. The van der Waals surface area contributed by atoms with Gasteiger partial charge >= 0.3 is 5.97 Å². The number of benzene rings is 1. The minimum absolute atomic E-state index is 0.133. The molecule has 1 spiro atoms. The van der Waals surface area contributed by atoms with Gasteiger partial charge in [-0.2, -0.15) is 0 Å². The first-order valence-electron chi connectivity index (χ1n) is 12.0. The van der Waals surface area contributed by atoms with Crippen molar-refractivity contribution in [2.75, 3.05) is 18.1 Å². The summed E-state index contributed by atoms with van der Waals surface area (Å²) in [6, 6.07) is 3.55. The SMILES string of the molecule is C=CCN(C(=O)C1N([C@@H](CC)CO)C(=O)[C@@H]2[C@H](C(=O)O)[C@@]3(C)OC12CC3C)c1c(C)cccc1Cl. The molecule has 2 amide bonds. The van der Waals surface area contributed by atoms with E-state index in [0.717, 1.165) is 5.56 Å². The summed E-state index contributed by atoms with van der Waals surface area (Å²) in [4.78, 5) is 43.7. The molecule has 7 atom stereocenters. The Morgan fingerprint density at radius 3 is 2.66 bits per heavy atom. The molecule has 2 N–H and O–H groups in total. The number of nitrogens with zero attached hydrogens (tertiary/aromatic N) is 2. The molecule has 0 saturated carbocycles. The summed E-state index contributed by atoms with van der Waals surface area (Å²) in [7, 11) is 0. The van der Waals surface area contributed by atoms with Crippen LogP contribution in [0.3, 0.4) is 0 Å². The van der Waals surface area contributed by atoms with Crippen LogP contribution in [0.1, 0.15) is 39.2 Å². The Labute approximate surface area is 210 Å². The predicted octanol–water partition coefficient (Wildman–Crippen LogP) is 3.03. The van der Waals surface area contributed by atoms with Gasteiger partial charge in [-0.1, -0.05) is 43.7 Å². The van der Waals surface area contributed by atoms with Crippen LogP contribution in [0.2, 0.25) is 5.02 Å². The second-order valence-corrected chi connectivity index (χ2v) is 10.6. The van der Waals surface area contributed by atoms with Gasteiger partial charge in [-0.15, -0.1) is 6.58 Å². The van der Waals surface area contributed by atoms with Gasteiger partial charge in [-0.05, 0) is 44.2 Å². The molecule has 1 aromatic carbocycles. The molecular weight excluding hydrogens is 472 g/mol. The van der Waals surface area contributed by atoms with Crippen LogP contribution in [-0.4, -0.2) is 69.3 Å². The van der Waals surface area contributed by atoms with Gasteiger partial charge < -0.3 is 24.7 Å². The number of aryl methyl sites for hydroxylation is 1. The molecule has 3 aliphatic heterocycles. The van der Waals surface area contributed by atoms with Gasteiger partial charge in [-0.3, -0.25) is 14.4 Å². The molecule has 0 radical (unpaired) electrons. The van der Waals surface area contributed by atoms with Crippen LogP contribution in [-0.2, 0) is 19.1 Å². The molecule has 0 aliphatic carbocycles. The average Bonchev–Trinajstić information content (AvgIpc) is 3.31. The minimum Gasteiger partial charge on any atom is -0.481 e. The zero-order valence-electron chi connectivity index (χ0n) is 20.5. The topological polar surface area (TPSA) is 107 Å². The number of anilines is 1. The van der Waals surface area contributed by atoms with Crippen molar-refractivity contribution in [3.05, 3.63) is 41.4 Å². The molecule has 3 heterocycles. The summed E-state index contributed by atoms with van der Waals surface area (Å²) in [5.74, 6) is -4.30. The Bertz CT molecular complexity index is 1050. The van der Waals surface area contributed by atoms with E-state index in [-0.39, 0.29) is 19.1 Å². The largest absolute Gasteiger partial charge is 0.481 e. The van der Waals surface area contributed by atoms with Crippen LogP contribution < -0.4 is 4.90 Å². The summed E-state index contributed by atoms with van der Waals surface area (Å²) < 4.78 is 6.52. The number of carboxylic acid groups (broad SMARTS) is 1. The zero-order valence-corrected chi connectivity index (χ0v) is 21.3. The third-order valence-electron chi connectivity index (χ3n) is 8.36. The molecule has 8 nitrogen and oxygen atoms in total. The van der Waals surface area contributed by atoms with Crippen molar-refractivity contribution in [3.63, 3.8) is 0 Å². The Morgan fingerprint density at radius 1 is 1.43 bits per heavy atom. The molecule has 3 saturated heterocycles. The number of aliphatic carboxylic acids is 1. The van der Waals surface area contributed by atoms with Crippen LogP contribution in [0.25, 0.3) is 0 Å². The number of likely N-dealkylation sites (tertiary alicyclic amines) is 1. The standard InChI is InChI=1S/C26H33ClN2O6/c1-6-11-28(20-14(3)9-8-10-17(20)27)23(32)21-26-12-15(4)25(5,35-26)19(24(33)34)18(26)22(31)29(21)16(7-2)13-30/h6,8-10,15-16,18-19,21,30H,1,7,11-13H2,2-5H3,(H,33,34)/t15?,16-,18-,19+,21?,25-,26?/m0/s1. The van der Waals surface area contributed by atoms with Crippen molar-refractivity contribution in [3.8, 4) is 0 Å². The van der Waals surface area contributed by atoms with Crippen LogP contribution in [0, 0.1) is 24.7 Å². The fourth-order valence-corrected chi connectivity index (χ4v) is 7.00. The maximum absolute atomic E-state index is 14.5. The number of aliphatic hydroxyl groups is 1. The number of carbonyl (C=O) groups excluding carboxylic acids is 2. The number of halogens is 1. The monoisotopic (exact) mass is 504 g/mol. The number of aliphatic hydroxyl groups excluding tert-OH is 1. The molecule has 1 aromatic rings. The Morgan fingerprint density at radius 2 is 2.11 bits per heavy atom. The lowest BCUT2D eigenvalue weighted by Crippen LogP contribution is -2.59. The van der Waals surface area contributed by atoms with E-state index in [4.69, 9.17) is 16.3 Å². The Balaban J connectivity index is 1.92. The third kappa shape index (κ3) is 3.44. The lowest BCUT2D eigenvalue weighted by molar-refractivity contribution is -0.157. The number of carboxylic acids is 1. The summed E-state index contributed by atoms with van der Waals surface area (Å²) in [5, 5.41) is 20.7. The van der Waals surface area contributed by atoms with Gasteiger partial charge in [0.05, 0.1) is 34.9 Å². The van der Waals surface area contributed by atoms with Crippen LogP contribution in [0.5, 0.6) is 0 Å². The Hall–Kier alpha value is -2.42. The lowest BCUT2D eigenvalue weighted by atomic mass is 9.62. The molecule has 190 valence electrons. The van der Waals surface area contributed by atoms with Crippen LogP contribution in [0.4, 0.5) is 5.69 Å². The highest BCUT2D eigenvalue weighted by atomic mass is 35.5. The molecule has 3 unspecified atom stereocenters. The highest BCUT2D eigenvalue weighted by molar-refractivity contribution is 6.34. The second-order valence-electron chi connectivity index (χ2n) is 10.2. The summed E-state index contributed by atoms with van der Waals surface area (Å²) in [6.45, 7) is 10.9. The average molecular weight is 505 g/mol. The van der Waals surface area contributed by atoms with E-state index in [1.807, 2.05) is 26.8 Å². The molecule has 4 rings (SSSR count). The molecule has 35 heavy (non-hydrogen) atoms. The van der Waals surface area contributed by atoms with E-state index in [0.29, 0.717) is 23.6 Å². The first-order valence-corrected chi connectivity index (χ1v) is 12.4. The van der Waals surface area contributed by atoms with E-state index < -0.39 is 52.9 Å². The highest BCUT2D eigenvalue weighted by Crippen LogP contribution is 2.65. The maximum Gasteiger partial charge on any atom is 0.310 e. The maximum atomic E-state index is 14.5. The second kappa shape index (κ2) is 8.91. The fraction of sp³-hybridized carbons (Fsp3) is 0.577. The van der Waals surface area contributed by atoms with Gasteiger partial charge in [0.25, 0.3) is 5.91 Å². The number of ether oxygens (including phenoxy) is 1. The highest BCUT2D eigenvalue weighted by Gasteiger charge is 2.80. The van der Waals surface area contributed by atoms with E-state index in [1.165, 1.54) is 9.80 Å². The molecule has 0 aromatic heterocycles. The van der Waals surface area contributed by atoms with E-state index in [2.05, 4.69) is 6.58 Å². The van der Waals surface area contributed by atoms with Crippen LogP contribution in [0.15, 0.2) is 30.9 Å². The van der Waals surface area contributed by atoms with Crippen molar-refractivity contribution in [2.45, 2.75) is 63.8 Å². The normalized spacial score (nSPS) is 34.1. The minimum atomic E-state index is -1.32. The fourth-order valence-electron chi connectivity index (χ4n) is 6.67. The van der Waals surface area contributed by atoms with Crippen molar-refractivity contribution < 1.29 is 29.3 Å². The van der Waals surface area contributed by atoms with Crippen molar-refractivity contribution >= 4 is 35.1 Å². The smallest absolute Gasteiger partial charge is 0.310 e. The number of para-hydroxylation sites is 1. The van der Waals surface area contributed by atoms with Crippen molar-refractivity contribution in [1.29, 1.82) is 0 Å². The van der Waals surface area contributed by atoms with E-state index in [1.54, 1.807) is 25.1 Å². The lowest BCUT2D eigenvalue weighted by Gasteiger charge is -2.39. The molecule has 9 heteroatoms. The Kier molecular flexibility index (Phi) is 6.53. The van der Waals surface area contributed by atoms with Crippen molar-refractivity contribution in [1.82, 2.24) is 4.90 Å². The number of rotatable bonds is 8. The van der Waals surface area contributed by atoms with Gasteiger partial charge in [-0.25, -0.2) is 0 Å². The van der Waals surface area contributed by atoms with E-state index >= 15 is 0 Å². The first-order chi connectivity index (χ1) is 16.5. The summed E-state index contributed by atoms with van der Waals surface area (Å²) >= 11 is 6.53. The number of amides is 2. The van der Waals surface area contributed by atoms with E-state index in [9.17, 15) is 24.6 Å². The number of fused-ring (bicyclic) bond motifs is 1. The predicted molar refractivity (Wildman–Crippen MR) is 131 cm³/mol. The molecule has 2 bridgehead atoms. The summed E-state index contributed by atoms with van der Waals surface area (Å²) in [6.07, 6.45) is 2.34. The van der Waals surface area contributed by atoms with Crippen molar-refractivity contribution in [2.24, 2.45) is 17.8 Å². The van der Waals surface area contributed by atoms with Gasteiger partial charge in [0.1, 0.15) is 17.6 Å². The first kappa shape index (κ1) is 25.7. The number of hydrogen-bond acceptors (Lipinski definition) is 5. The third-order valence-corrected chi connectivity index (χ3v) is 8.67. The van der Waals surface area contributed by atoms with Gasteiger partial charge in [0.2, 0.25) is 5.91 Å². The van der Waals surface area contributed by atoms with Gasteiger partial charge in [0.15, 0.2) is 0 Å². The number of hydrogen-bond donors (Lipinski definition) is 2. The number of carbonyl (C=O) groups is 3. The quantitative estimate of drug-likeness (QED) is 0.527. The molecule has 3 aliphatic rings. The molecular formula is C26H33ClN2O6. The summed E-state index contributed by atoms with van der Waals surface area (Å²) in [5.41, 5.74) is -1.12. The van der Waals surface area contributed by atoms with Crippen LogP contribution >= 0.6 is 11.6 Å². The zero-order chi connectivity index (χ0) is 25.9.